The summed E-state index contributed by atoms with van der Waals surface area (Å²) in [4.78, 5) is 95.7. The lowest BCUT2D eigenvalue weighted by Gasteiger charge is -2.36. The molecular weight excluding hydrogens is 819 g/mol. The first-order chi connectivity index (χ1) is 25.6. The van der Waals surface area contributed by atoms with E-state index < -0.39 is 84.6 Å². The molecule has 7 atom stereocenters. The molecule has 1 aliphatic heterocycles. The summed E-state index contributed by atoms with van der Waals surface area (Å²) in [5.74, 6) is -1.15. The summed E-state index contributed by atoms with van der Waals surface area (Å²) in [6, 6.07) is 0. The summed E-state index contributed by atoms with van der Waals surface area (Å²) in [5.41, 5.74) is 4.08. The molecule has 0 radical (unpaired) electrons. The Balaban J connectivity index is 1.49. The third kappa shape index (κ3) is 14.8. The molecule has 55 heavy (non-hydrogen) atoms. The van der Waals surface area contributed by atoms with Gasteiger partial charge in [0.1, 0.15) is 36.3 Å². The van der Waals surface area contributed by atoms with Crippen LogP contribution in [0.4, 0.5) is 5.82 Å². The number of nitrogens with zero attached hydrogens (tertiary/aromatic N) is 4. The van der Waals surface area contributed by atoms with Crippen molar-refractivity contribution in [2.45, 2.75) is 83.5 Å². The monoisotopic (exact) mass is 861 g/mol. The van der Waals surface area contributed by atoms with Crippen LogP contribution >= 0.6 is 35.2 Å². The van der Waals surface area contributed by atoms with Crippen molar-refractivity contribution < 1.29 is 80.5 Å². The normalized spacial score (nSPS) is 21.8. The number of nitrogens with two attached hydrogens (primary N) is 1. The molecule has 0 aromatic carbocycles. The molecule has 3 heterocycles. The Morgan fingerprint density at radius 3 is 2.42 bits per heavy atom. The number of phosphoric ester groups is 3. The number of phosphoric acid groups is 3. The van der Waals surface area contributed by atoms with Crippen LogP contribution in [0, 0.1) is 5.41 Å². The van der Waals surface area contributed by atoms with Gasteiger partial charge in [-0.05, 0) is 6.42 Å². The quantitative estimate of drug-likeness (QED) is 0.0580. The number of aliphatic hydroxyl groups is 2. The Morgan fingerprint density at radius 1 is 1.05 bits per heavy atom. The predicted molar refractivity (Wildman–Crippen MR) is 182 cm³/mol. The Hall–Kier alpha value is -2.44. The number of anilines is 1. The number of hydrogen-bond donors (Lipinski definition) is 5. The zero-order valence-corrected chi connectivity index (χ0v) is 33.2. The van der Waals surface area contributed by atoms with Gasteiger partial charge in [0.25, 0.3) is 15.6 Å². The minimum absolute atomic E-state index is 0.0198. The number of nitrogen functional groups attached to an aromatic ring is 1. The molecule has 24 nitrogen and oxygen atoms in total. The Labute approximate surface area is 318 Å². The fourth-order valence-corrected chi connectivity index (χ4v) is 8.32. The second kappa shape index (κ2) is 20.3. The van der Waals surface area contributed by atoms with E-state index in [0.717, 1.165) is 48.2 Å². The highest BCUT2D eigenvalue weighted by Gasteiger charge is 2.47. The van der Waals surface area contributed by atoms with Crippen LogP contribution in [0.15, 0.2) is 12.7 Å². The van der Waals surface area contributed by atoms with E-state index in [0.29, 0.717) is 12.2 Å². The smallest absolute Gasteiger partial charge is 0.274 e. The second-order valence-electron chi connectivity index (χ2n) is 12.7. The molecule has 28 heteroatoms. The number of imidazole rings is 1. The van der Waals surface area contributed by atoms with Crippen LogP contribution < -0.4 is 35.9 Å². The van der Waals surface area contributed by atoms with Gasteiger partial charge in [-0.25, -0.2) is 19.3 Å². The van der Waals surface area contributed by atoms with Gasteiger partial charge < -0.3 is 69.0 Å². The minimum atomic E-state index is -5.91. The van der Waals surface area contributed by atoms with Crippen LogP contribution in [0.1, 0.15) is 59.1 Å². The summed E-state index contributed by atoms with van der Waals surface area (Å²) in [5, 5.41) is 26.2. The first-order valence-electron chi connectivity index (χ1n) is 16.5. The van der Waals surface area contributed by atoms with Crippen LogP contribution in [0.5, 0.6) is 0 Å². The molecule has 2 aromatic rings. The highest BCUT2D eigenvalue weighted by atomic mass is 32.2. The van der Waals surface area contributed by atoms with E-state index in [1.54, 1.807) is 0 Å². The van der Waals surface area contributed by atoms with Gasteiger partial charge in [0, 0.05) is 37.1 Å². The average molecular weight is 862 g/mol. The number of carbonyl (C=O) groups excluding carboxylic acids is 3. The zero-order valence-electron chi connectivity index (χ0n) is 29.7. The van der Waals surface area contributed by atoms with Crippen LogP contribution in [0.2, 0.25) is 0 Å². The molecule has 1 saturated heterocycles. The first kappa shape index (κ1) is 46.9. The fourth-order valence-electron chi connectivity index (χ4n) is 4.86. The lowest BCUT2D eigenvalue weighted by Crippen LogP contribution is -2.46. The number of thioether (sulfide) groups is 1. The number of fused-ring (bicyclic) bond motifs is 1. The Morgan fingerprint density at radius 2 is 1.75 bits per heavy atom. The summed E-state index contributed by atoms with van der Waals surface area (Å²) >= 11 is 1.11. The molecule has 0 bridgehead atoms. The molecule has 0 aliphatic carbocycles. The number of hydrogen-bond acceptors (Lipinski definition) is 22. The van der Waals surface area contributed by atoms with Crippen molar-refractivity contribution in [3.8, 4) is 0 Å². The standard InChI is InChI=1S/C27H46N7O17P3S/c1-4-5-6-7-18(36)55-11-10-29-17(35)8-9-30-25(39)22(38)27(2,3)13-48-54(45,46)51-53(43,44)47-12-16-21(50-52(40,41)42)20(37)26(49-16)34-15-33-19-23(28)31-14-32-24(19)34/h14-16,20-22,26,37-38H,4-13H2,1-3H3,(H,29,35)(H,30,39)(H,43,44)(H,45,46)(H2,28,31,32)(H2,40,41,42)/p-4/t16-,20-,21-,22+,26-/m1/s1. The van der Waals surface area contributed by atoms with Gasteiger partial charge in [0.2, 0.25) is 11.8 Å². The van der Waals surface area contributed by atoms with Crippen molar-refractivity contribution >= 4 is 69.1 Å². The van der Waals surface area contributed by atoms with Gasteiger partial charge in [0.05, 0.1) is 27.4 Å². The molecule has 2 unspecified atom stereocenters. The lowest BCUT2D eigenvalue weighted by atomic mass is 9.87. The van der Waals surface area contributed by atoms with Gasteiger partial charge in [-0.15, -0.1) is 0 Å². The predicted octanol–water partition coefficient (Wildman–Crippen LogP) is -2.28. The number of amides is 2. The Kier molecular flexibility index (Phi) is 17.3. The topological polar surface area (TPSA) is 375 Å². The van der Waals surface area contributed by atoms with Gasteiger partial charge in [-0.2, -0.15) is 0 Å². The maximum absolute atomic E-state index is 12.5. The fraction of sp³-hybridized carbons (Fsp3) is 0.704. The van der Waals surface area contributed by atoms with Gasteiger partial charge in [-0.1, -0.05) is 45.4 Å². The minimum Gasteiger partial charge on any atom is -0.790 e. The van der Waals surface area contributed by atoms with Crippen LogP contribution in [-0.4, -0.2) is 103 Å². The zero-order chi connectivity index (χ0) is 41.2. The third-order valence-corrected chi connectivity index (χ3v) is 11.7. The highest BCUT2D eigenvalue weighted by molar-refractivity contribution is 8.13. The number of rotatable bonds is 23. The number of unbranched alkanes of at least 4 members (excludes halogenated alkanes) is 2. The number of ether oxygens (including phenoxy) is 1. The SMILES string of the molecule is CCCCCC(=O)SCCNC(=O)CCNC(=O)[C@H](O)C(C)(C)COP(=O)([O-])OP(=O)([O-])OC[C@H]1O[C@@H](n2cnc3c(N)ncnc32)[C@H](O)[C@@H]1OP(=O)([O-])[O-]. The van der Waals surface area contributed by atoms with Crippen molar-refractivity contribution in [1.82, 2.24) is 30.2 Å². The molecule has 3 rings (SSSR count). The van der Waals surface area contributed by atoms with Crippen molar-refractivity contribution in [3.05, 3.63) is 12.7 Å². The van der Waals surface area contributed by atoms with E-state index in [4.69, 9.17) is 10.5 Å². The highest BCUT2D eigenvalue weighted by Crippen LogP contribution is 2.56. The molecule has 2 amide bonds. The van der Waals surface area contributed by atoms with Crippen molar-refractivity contribution in [1.29, 1.82) is 0 Å². The van der Waals surface area contributed by atoms with Gasteiger partial charge in [0.15, 0.2) is 22.8 Å². The van der Waals surface area contributed by atoms with Crippen molar-refractivity contribution in [3.63, 3.8) is 0 Å². The average Bonchev–Trinajstić information content (AvgIpc) is 3.64. The molecule has 1 fully saturated rings. The number of nitrogens with one attached hydrogen (secondary N) is 2. The second-order valence-corrected chi connectivity index (χ2v) is 17.9. The van der Waals surface area contributed by atoms with E-state index in [9.17, 15) is 57.9 Å². The van der Waals surface area contributed by atoms with Crippen molar-refractivity contribution in [2.24, 2.45) is 5.41 Å². The van der Waals surface area contributed by atoms with E-state index in [1.807, 2.05) is 6.92 Å². The third-order valence-electron chi connectivity index (χ3n) is 7.72. The van der Waals surface area contributed by atoms with E-state index in [2.05, 4.69) is 43.5 Å². The maximum Gasteiger partial charge on any atom is 0.274 e. The number of aromatic nitrogens is 4. The lowest BCUT2D eigenvalue weighted by molar-refractivity contribution is -0.347. The first-order valence-corrected chi connectivity index (χ1v) is 21.9. The summed E-state index contributed by atoms with van der Waals surface area (Å²) in [6.07, 6.45) is -4.34. The molecule has 312 valence electrons. The molecule has 0 saturated carbocycles. The molecular formula is C27H42N7O17P3S-4. The molecule has 2 aromatic heterocycles. The number of carbonyl (C=O) groups is 3. The number of aliphatic hydroxyl groups excluding tert-OH is 2. The van der Waals surface area contributed by atoms with Crippen LogP contribution in [0.3, 0.4) is 0 Å². The van der Waals surface area contributed by atoms with Gasteiger partial charge in [-0.3, -0.25) is 28.1 Å². The van der Waals surface area contributed by atoms with Crippen LogP contribution in [-0.2, 0) is 50.7 Å². The van der Waals surface area contributed by atoms with E-state index >= 15 is 0 Å². The molecule has 1 aliphatic rings. The van der Waals surface area contributed by atoms with Crippen LogP contribution in [0.25, 0.3) is 11.2 Å². The largest absolute Gasteiger partial charge is 0.790 e. The van der Waals surface area contributed by atoms with Gasteiger partial charge >= 0.3 is 0 Å². The maximum atomic E-state index is 12.5. The Bertz CT molecular complexity index is 1780. The summed E-state index contributed by atoms with van der Waals surface area (Å²) < 4.78 is 60.4. The molecule has 6 N–H and O–H groups in total. The van der Waals surface area contributed by atoms with E-state index in [1.165, 1.54) is 13.8 Å². The summed E-state index contributed by atoms with van der Waals surface area (Å²) in [7, 11) is -17.6. The molecule has 0 spiro atoms. The summed E-state index contributed by atoms with van der Waals surface area (Å²) in [6.45, 7) is 2.18. The van der Waals surface area contributed by atoms with E-state index in [-0.39, 0.29) is 41.6 Å². The van der Waals surface area contributed by atoms with Crippen molar-refractivity contribution in [2.75, 3.05) is 37.8 Å².